The highest BCUT2D eigenvalue weighted by Crippen LogP contribution is 2.36. The maximum absolute atomic E-state index is 12.5. The first-order chi connectivity index (χ1) is 20.1. The lowest BCUT2D eigenvalue weighted by Crippen LogP contribution is -2.56. The Kier molecular flexibility index (Phi) is 5.96. The Morgan fingerprint density at radius 1 is 1.12 bits per heavy atom. The Hall–Kier alpha value is -5.44. The van der Waals surface area contributed by atoms with Crippen LogP contribution in [0.4, 0.5) is 17.3 Å². The van der Waals surface area contributed by atoms with Crippen molar-refractivity contribution in [1.29, 1.82) is 0 Å². The Balaban J connectivity index is 1.14. The van der Waals surface area contributed by atoms with Crippen LogP contribution in [0.5, 0.6) is 17.2 Å². The summed E-state index contributed by atoms with van der Waals surface area (Å²) in [7, 11) is 0. The molecular formula is C29H25N9O3. The van der Waals surface area contributed by atoms with Crippen molar-refractivity contribution in [2.24, 2.45) is 0 Å². The number of aryl methyl sites for hydroxylation is 1. The average molecular weight is 548 g/mol. The SMILES string of the molecule is CC#CC(=O)N1CCN2C[C@H]1COc1cc3ncnc(Nc4ccc(Oc5ccn6ncnc6c5)c(C)c4)c3nc12. The molecule has 1 N–H and O–H groups in total. The van der Waals surface area contributed by atoms with E-state index in [-0.39, 0.29) is 11.9 Å². The number of aromatic nitrogens is 6. The van der Waals surface area contributed by atoms with Gasteiger partial charge in [0.05, 0.1) is 11.6 Å². The maximum Gasteiger partial charge on any atom is 0.298 e. The average Bonchev–Trinajstić information content (AvgIpc) is 3.40. The number of ether oxygens (including phenoxy) is 2. The van der Waals surface area contributed by atoms with E-state index >= 15 is 0 Å². The number of rotatable bonds is 4. The molecule has 4 aromatic heterocycles. The van der Waals surface area contributed by atoms with E-state index in [1.165, 1.54) is 12.7 Å². The summed E-state index contributed by atoms with van der Waals surface area (Å²) >= 11 is 0. The van der Waals surface area contributed by atoms with Crippen molar-refractivity contribution in [2.75, 3.05) is 36.5 Å². The lowest BCUT2D eigenvalue weighted by molar-refractivity contribution is -0.128. The van der Waals surface area contributed by atoms with Gasteiger partial charge in [0.15, 0.2) is 23.0 Å². The smallest absolute Gasteiger partial charge is 0.298 e. The molecule has 1 atom stereocenters. The topological polar surface area (TPSA) is 123 Å². The number of carbonyl (C=O) groups excluding carboxylic acids is 1. The molecule has 0 radical (unpaired) electrons. The zero-order chi connectivity index (χ0) is 27.9. The Morgan fingerprint density at radius 3 is 2.93 bits per heavy atom. The number of pyridine rings is 2. The van der Waals surface area contributed by atoms with Gasteiger partial charge in [-0.3, -0.25) is 4.79 Å². The first-order valence-electron chi connectivity index (χ1n) is 13.2. The van der Waals surface area contributed by atoms with E-state index in [9.17, 15) is 4.79 Å². The molecule has 12 heteroatoms. The van der Waals surface area contributed by atoms with E-state index in [1.807, 2.05) is 49.5 Å². The molecule has 12 nitrogen and oxygen atoms in total. The third-order valence-electron chi connectivity index (χ3n) is 7.18. The number of nitrogens with zero attached hydrogens (tertiary/aromatic N) is 8. The summed E-state index contributed by atoms with van der Waals surface area (Å²) in [6.45, 7) is 5.81. The van der Waals surface area contributed by atoms with E-state index in [2.05, 4.69) is 42.1 Å². The fourth-order valence-corrected chi connectivity index (χ4v) is 5.17. The van der Waals surface area contributed by atoms with Gasteiger partial charge >= 0.3 is 0 Å². The van der Waals surface area contributed by atoms with Crippen molar-refractivity contribution in [2.45, 2.75) is 19.9 Å². The van der Waals surface area contributed by atoms with Crippen molar-refractivity contribution >= 4 is 39.9 Å². The number of fused-ring (bicyclic) bond motifs is 6. The highest BCUT2D eigenvalue weighted by Gasteiger charge is 2.35. The minimum Gasteiger partial charge on any atom is -0.487 e. The number of anilines is 3. The summed E-state index contributed by atoms with van der Waals surface area (Å²) in [5, 5.41) is 7.51. The second kappa shape index (κ2) is 9.95. The molecule has 1 aromatic carbocycles. The van der Waals surface area contributed by atoms with E-state index in [1.54, 1.807) is 16.3 Å². The molecule has 2 aliphatic heterocycles. The molecule has 2 bridgehead atoms. The van der Waals surface area contributed by atoms with Crippen molar-refractivity contribution in [1.82, 2.24) is 34.4 Å². The number of carbonyl (C=O) groups is 1. The van der Waals surface area contributed by atoms with Crippen LogP contribution >= 0.6 is 0 Å². The van der Waals surface area contributed by atoms with Gasteiger partial charge in [-0.25, -0.2) is 24.5 Å². The van der Waals surface area contributed by atoms with Gasteiger partial charge in [0.25, 0.3) is 5.91 Å². The van der Waals surface area contributed by atoms with Gasteiger partial charge in [0, 0.05) is 43.7 Å². The van der Waals surface area contributed by atoms with Crippen LogP contribution in [0.3, 0.4) is 0 Å². The van der Waals surface area contributed by atoms with Crippen LogP contribution < -0.4 is 19.7 Å². The fraction of sp³-hybridized carbons (Fsp3) is 0.241. The Bertz CT molecular complexity index is 1880. The molecule has 1 saturated heterocycles. The summed E-state index contributed by atoms with van der Waals surface area (Å²) in [5.41, 5.74) is 3.77. The van der Waals surface area contributed by atoms with Gasteiger partial charge in [-0.15, -0.1) is 0 Å². The zero-order valence-electron chi connectivity index (χ0n) is 22.4. The minimum atomic E-state index is -0.176. The lowest BCUT2D eigenvalue weighted by Gasteiger charge is -2.38. The molecule has 1 fully saturated rings. The molecule has 2 aliphatic rings. The van der Waals surface area contributed by atoms with Crippen LogP contribution in [0.1, 0.15) is 12.5 Å². The van der Waals surface area contributed by atoms with E-state index < -0.39 is 0 Å². The van der Waals surface area contributed by atoms with Gasteiger partial charge < -0.3 is 24.6 Å². The predicted molar refractivity (Wildman–Crippen MR) is 152 cm³/mol. The number of hydrogen-bond acceptors (Lipinski definition) is 10. The summed E-state index contributed by atoms with van der Waals surface area (Å²) in [5.74, 6) is 8.51. The molecular weight excluding hydrogens is 522 g/mol. The number of nitrogens with one attached hydrogen (secondary N) is 1. The normalized spacial score (nSPS) is 15.9. The predicted octanol–water partition coefficient (Wildman–Crippen LogP) is 3.34. The molecule has 1 amide bonds. The third-order valence-corrected chi connectivity index (χ3v) is 7.18. The fourth-order valence-electron chi connectivity index (χ4n) is 5.17. The number of piperazine rings is 1. The molecule has 41 heavy (non-hydrogen) atoms. The quantitative estimate of drug-likeness (QED) is 0.335. The first kappa shape index (κ1) is 24.6. The number of benzene rings is 1. The van der Waals surface area contributed by atoms with Crippen molar-refractivity contribution in [3.05, 3.63) is 60.8 Å². The van der Waals surface area contributed by atoms with Crippen LogP contribution in [-0.4, -0.2) is 72.6 Å². The number of hydrogen-bond donors (Lipinski definition) is 1. The monoisotopic (exact) mass is 547 g/mol. The molecule has 0 aliphatic carbocycles. The van der Waals surface area contributed by atoms with Crippen LogP contribution in [0, 0.1) is 18.8 Å². The molecule has 0 spiro atoms. The second-order valence-electron chi connectivity index (χ2n) is 9.82. The van der Waals surface area contributed by atoms with Crippen LogP contribution in [0.25, 0.3) is 16.7 Å². The molecule has 6 heterocycles. The minimum absolute atomic E-state index is 0.111. The molecule has 0 saturated carbocycles. The van der Waals surface area contributed by atoms with Gasteiger partial charge in [-0.1, -0.05) is 5.92 Å². The standard InChI is InChI=1S/C29H25N9O3/c1-3-4-26(39)37-10-9-36-14-20(37)15-40-24-13-22-27(35-29(24)36)28(32-16-30-22)34-19-5-6-23(18(2)11-19)41-21-7-8-38-25(12-21)31-17-33-38/h5-8,11-13,16-17,20H,9-10,14-15H2,1-2H3,(H,30,32,34)/t20-/m0/s1. The largest absolute Gasteiger partial charge is 0.487 e. The summed E-state index contributed by atoms with van der Waals surface area (Å²) < 4.78 is 13.9. The molecule has 7 rings (SSSR count). The zero-order valence-corrected chi connectivity index (χ0v) is 22.4. The van der Waals surface area contributed by atoms with Crippen molar-refractivity contribution in [3.8, 4) is 29.1 Å². The van der Waals surface area contributed by atoms with Crippen LogP contribution in [0.15, 0.2) is 55.2 Å². The summed E-state index contributed by atoms with van der Waals surface area (Å²) in [6, 6.07) is 11.3. The van der Waals surface area contributed by atoms with Gasteiger partial charge in [-0.05, 0) is 49.6 Å². The molecule has 0 unspecified atom stereocenters. The van der Waals surface area contributed by atoms with Gasteiger partial charge in [0.2, 0.25) is 0 Å². The Labute approximate surface area is 235 Å². The van der Waals surface area contributed by atoms with Gasteiger partial charge in [-0.2, -0.15) is 5.10 Å². The van der Waals surface area contributed by atoms with Crippen molar-refractivity contribution < 1.29 is 14.3 Å². The molecule has 204 valence electrons. The third kappa shape index (κ3) is 4.57. The highest BCUT2D eigenvalue weighted by molar-refractivity contribution is 5.94. The van der Waals surface area contributed by atoms with E-state index in [0.29, 0.717) is 60.2 Å². The second-order valence-corrected chi connectivity index (χ2v) is 9.82. The molecule has 5 aromatic rings. The maximum atomic E-state index is 12.5. The summed E-state index contributed by atoms with van der Waals surface area (Å²) in [4.78, 5) is 34.5. The summed E-state index contributed by atoms with van der Waals surface area (Å²) in [6.07, 6.45) is 4.81. The van der Waals surface area contributed by atoms with Gasteiger partial charge in [0.1, 0.15) is 36.3 Å². The van der Waals surface area contributed by atoms with Crippen molar-refractivity contribution in [3.63, 3.8) is 0 Å². The highest BCUT2D eigenvalue weighted by atomic mass is 16.5. The van der Waals surface area contributed by atoms with E-state index in [4.69, 9.17) is 14.5 Å². The number of amides is 1. The Morgan fingerprint density at radius 2 is 2.05 bits per heavy atom. The van der Waals surface area contributed by atoms with E-state index in [0.717, 1.165) is 22.8 Å². The first-order valence-corrected chi connectivity index (χ1v) is 13.2. The lowest BCUT2D eigenvalue weighted by atomic mass is 10.1. The van der Waals surface area contributed by atoms with Crippen LogP contribution in [0.2, 0.25) is 0 Å². The van der Waals surface area contributed by atoms with Crippen LogP contribution in [-0.2, 0) is 4.79 Å².